The van der Waals surface area contributed by atoms with Gasteiger partial charge < -0.3 is 5.11 Å². The highest BCUT2D eigenvalue weighted by Crippen LogP contribution is 2.27. The molecule has 0 heterocycles. The SMILES string of the molecule is CC(C)CC(C(C)C)C(O)C(C)C. The van der Waals surface area contributed by atoms with Crippen LogP contribution < -0.4 is 0 Å². The van der Waals surface area contributed by atoms with Gasteiger partial charge in [-0.1, -0.05) is 41.5 Å². The predicted molar refractivity (Wildman–Crippen MR) is 58.6 cm³/mol. The molecule has 0 aromatic rings. The van der Waals surface area contributed by atoms with Crippen LogP contribution in [0.3, 0.4) is 0 Å². The Morgan fingerprint density at radius 3 is 1.54 bits per heavy atom. The van der Waals surface area contributed by atoms with Crippen molar-refractivity contribution in [2.45, 2.75) is 54.1 Å². The van der Waals surface area contributed by atoms with E-state index in [9.17, 15) is 5.11 Å². The molecule has 2 atom stereocenters. The molecule has 0 aliphatic rings. The van der Waals surface area contributed by atoms with Gasteiger partial charge in [-0.2, -0.15) is 0 Å². The van der Waals surface area contributed by atoms with Crippen molar-refractivity contribution in [2.24, 2.45) is 23.7 Å². The molecule has 0 saturated carbocycles. The van der Waals surface area contributed by atoms with E-state index < -0.39 is 0 Å². The largest absolute Gasteiger partial charge is 0.393 e. The summed E-state index contributed by atoms with van der Waals surface area (Å²) < 4.78 is 0. The van der Waals surface area contributed by atoms with E-state index in [2.05, 4.69) is 41.5 Å². The van der Waals surface area contributed by atoms with E-state index in [1.807, 2.05) is 0 Å². The van der Waals surface area contributed by atoms with Crippen LogP contribution in [0.25, 0.3) is 0 Å². The molecule has 0 amide bonds. The summed E-state index contributed by atoms with van der Waals surface area (Å²) >= 11 is 0. The van der Waals surface area contributed by atoms with Gasteiger partial charge in [0.15, 0.2) is 0 Å². The predicted octanol–water partition coefficient (Wildman–Crippen LogP) is 3.32. The molecule has 80 valence electrons. The number of aliphatic hydroxyl groups excluding tert-OH is 1. The van der Waals surface area contributed by atoms with E-state index >= 15 is 0 Å². The molecule has 0 bridgehead atoms. The second kappa shape index (κ2) is 5.64. The van der Waals surface area contributed by atoms with Crippen LogP contribution in [0.5, 0.6) is 0 Å². The van der Waals surface area contributed by atoms with Crippen LogP contribution in [0.1, 0.15) is 48.0 Å². The van der Waals surface area contributed by atoms with Crippen LogP contribution in [0.4, 0.5) is 0 Å². The van der Waals surface area contributed by atoms with E-state index in [0.717, 1.165) is 6.42 Å². The van der Waals surface area contributed by atoms with Crippen LogP contribution in [0.2, 0.25) is 0 Å². The molecule has 0 aliphatic carbocycles. The Labute approximate surface area is 83.5 Å². The molecule has 0 aromatic carbocycles. The third-order valence-corrected chi connectivity index (χ3v) is 2.72. The molecule has 1 N–H and O–H groups in total. The molecule has 1 nitrogen and oxygen atoms in total. The zero-order valence-electron chi connectivity index (χ0n) is 10.0. The Morgan fingerprint density at radius 2 is 1.31 bits per heavy atom. The molecule has 0 radical (unpaired) electrons. The summed E-state index contributed by atoms with van der Waals surface area (Å²) in [4.78, 5) is 0. The van der Waals surface area contributed by atoms with Crippen LogP contribution in [-0.2, 0) is 0 Å². The summed E-state index contributed by atoms with van der Waals surface area (Å²) in [5.41, 5.74) is 0. The lowest BCUT2D eigenvalue weighted by atomic mass is 9.79. The smallest absolute Gasteiger partial charge is 0.0593 e. The van der Waals surface area contributed by atoms with Crippen molar-refractivity contribution >= 4 is 0 Å². The van der Waals surface area contributed by atoms with Gasteiger partial charge in [0.2, 0.25) is 0 Å². The summed E-state index contributed by atoms with van der Waals surface area (Å²) in [5.74, 6) is 2.10. The molecule has 0 spiro atoms. The fourth-order valence-electron chi connectivity index (χ4n) is 1.84. The van der Waals surface area contributed by atoms with Crippen molar-refractivity contribution in [3.05, 3.63) is 0 Å². The van der Waals surface area contributed by atoms with Gasteiger partial charge in [0.25, 0.3) is 0 Å². The van der Waals surface area contributed by atoms with Crippen LogP contribution >= 0.6 is 0 Å². The summed E-state index contributed by atoms with van der Waals surface area (Å²) in [6.45, 7) is 13.1. The van der Waals surface area contributed by atoms with Crippen molar-refractivity contribution < 1.29 is 5.11 Å². The zero-order chi connectivity index (χ0) is 10.6. The Bertz CT molecular complexity index is 127. The minimum atomic E-state index is -0.137. The van der Waals surface area contributed by atoms with Crippen molar-refractivity contribution in [1.82, 2.24) is 0 Å². The molecule has 0 aliphatic heterocycles. The number of hydrogen-bond donors (Lipinski definition) is 1. The minimum absolute atomic E-state index is 0.137. The Hall–Kier alpha value is -0.0400. The molecule has 1 heteroatoms. The number of rotatable bonds is 5. The van der Waals surface area contributed by atoms with Crippen molar-refractivity contribution in [3.8, 4) is 0 Å². The Morgan fingerprint density at radius 1 is 0.846 bits per heavy atom. The fraction of sp³-hybridized carbons (Fsp3) is 1.00. The standard InChI is InChI=1S/C12H26O/c1-8(2)7-11(9(3)4)12(13)10(5)6/h8-13H,7H2,1-6H3. The van der Waals surface area contributed by atoms with E-state index in [0.29, 0.717) is 23.7 Å². The van der Waals surface area contributed by atoms with Gasteiger partial charge >= 0.3 is 0 Å². The van der Waals surface area contributed by atoms with Gasteiger partial charge in [-0.3, -0.25) is 0 Å². The van der Waals surface area contributed by atoms with Gasteiger partial charge in [0.1, 0.15) is 0 Å². The molecule has 0 aromatic heterocycles. The molecular weight excluding hydrogens is 160 g/mol. The van der Waals surface area contributed by atoms with Crippen LogP contribution in [0, 0.1) is 23.7 Å². The molecule has 0 saturated heterocycles. The maximum absolute atomic E-state index is 10.0. The lowest BCUT2D eigenvalue weighted by Crippen LogP contribution is -2.30. The first kappa shape index (κ1) is 13.0. The van der Waals surface area contributed by atoms with Gasteiger partial charge in [-0.15, -0.1) is 0 Å². The maximum atomic E-state index is 10.0. The quantitative estimate of drug-likeness (QED) is 0.698. The van der Waals surface area contributed by atoms with Crippen LogP contribution in [0.15, 0.2) is 0 Å². The topological polar surface area (TPSA) is 20.2 Å². The minimum Gasteiger partial charge on any atom is -0.393 e. The Kier molecular flexibility index (Phi) is 5.62. The highest BCUT2D eigenvalue weighted by molar-refractivity contribution is 4.75. The summed E-state index contributed by atoms with van der Waals surface area (Å²) in [5, 5.41) is 10.0. The summed E-state index contributed by atoms with van der Waals surface area (Å²) in [6, 6.07) is 0. The third kappa shape index (κ3) is 4.66. The number of aliphatic hydroxyl groups is 1. The van der Waals surface area contributed by atoms with E-state index in [1.54, 1.807) is 0 Å². The van der Waals surface area contributed by atoms with Crippen molar-refractivity contribution in [1.29, 1.82) is 0 Å². The molecule has 0 fully saturated rings. The second-order valence-corrected chi connectivity index (χ2v) is 5.27. The lowest BCUT2D eigenvalue weighted by Gasteiger charge is -2.30. The van der Waals surface area contributed by atoms with Crippen LogP contribution in [-0.4, -0.2) is 11.2 Å². The molecule has 13 heavy (non-hydrogen) atoms. The highest BCUT2D eigenvalue weighted by Gasteiger charge is 2.25. The normalized spacial score (nSPS) is 17.1. The van der Waals surface area contributed by atoms with E-state index in [1.165, 1.54) is 0 Å². The average Bonchev–Trinajstić information content (AvgIpc) is 1.97. The summed E-state index contributed by atoms with van der Waals surface area (Å²) in [6.07, 6.45) is 0.999. The maximum Gasteiger partial charge on any atom is 0.0593 e. The summed E-state index contributed by atoms with van der Waals surface area (Å²) in [7, 11) is 0. The monoisotopic (exact) mass is 186 g/mol. The molecule has 0 rings (SSSR count). The average molecular weight is 186 g/mol. The molecule has 2 unspecified atom stereocenters. The third-order valence-electron chi connectivity index (χ3n) is 2.72. The highest BCUT2D eigenvalue weighted by atomic mass is 16.3. The van der Waals surface area contributed by atoms with Gasteiger partial charge in [0, 0.05) is 0 Å². The van der Waals surface area contributed by atoms with E-state index in [4.69, 9.17) is 0 Å². The first-order valence-electron chi connectivity index (χ1n) is 5.54. The van der Waals surface area contributed by atoms with Gasteiger partial charge in [0.05, 0.1) is 6.10 Å². The van der Waals surface area contributed by atoms with Gasteiger partial charge in [-0.25, -0.2) is 0 Å². The number of hydrogen-bond acceptors (Lipinski definition) is 1. The fourth-order valence-corrected chi connectivity index (χ4v) is 1.84. The lowest BCUT2D eigenvalue weighted by molar-refractivity contribution is 0.0318. The first-order valence-corrected chi connectivity index (χ1v) is 5.54. The zero-order valence-corrected chi connectivity index (χ0v) is 10.0. The van der Waals surface area contributed by atoms with Gasteiger partial charge in [-0.05, 0) is 30.1 Å². The Balaban J connectivity index is 4.24. The first-order chi connectivity index (χ1) is 5.86. The second-order valence-electron chi connectivity index (χ2n) is 5.27. The molecular formula is C12H26O. The van der Waals surface area contributed by atoms with E-state index in [-0.39, 0.29) is 6.10 Å². The van der Waals surface area contributed by atoms with Crippen molar-refractivity contribution in [3.63, 3.8) is 0 Å². The van der Waals surface area contributed by atoms with Crippen molar-refractivity contribution in [2.75, 3.05) is 0 Å².